The quantitative estimate of drug-likeness (QED) is 0.803. The van der Waals surface area contributed by atoms with Crippen LogP contribution in [0.1, 0.15) is 29.3 Å². The summed E-state index contributed by atoms with van der Waals surface area (Å²) in [6.07, 6.45) is 1.10. The first-order chi connectivity index (χ1) is 9.70. The van der Waals surface area contributed by atoms with Gasteiger partial charge in [0.05, 0.1) is 5.56 Å². The van der Waals surface area contributed by atoms with Crippen LogP contribution in [0.15, 0.2) is 53.4 Å². The number of nitrogens with one attached hydrogen (secondary N) is 1. The molecule has 0 radical (unpaired) electrons. The summed E-state index contributed by atoms with van der Waals surface area (Å²) < 4.78 is 0. The molecular formula is C17H19NOS. The Labute approximate surface area is 124 Å². The SMILES string of the molecule is CCCSc1ccccc1C(=O)Nc1cccc(C)c1. The number of carbonyl (C=O) groups is 1. The van der Waals surface area contributed by atoms with Crippen molar-refractivity contribution < 1.29 is 4.79 Å². The molecule has 3 heteroatoms. The molecule has 0 saturated heterocycles. The van der Waals surface area contributed by atoms with Crippen molar-refractivity contribution in [3.05, 3.63) is 59.7 Å². The summed E-state index contributed by atoms with van der Waals surface area (Å²) in [7, 11) is 0. The largest absolute Gasteiger partial charge is 0.322 e. The monoisotopic (exact) mass is 285 g/mol. The molecule has 1 amide bonds. The van der Waals surface area contributed by atoms with Crippen LogP contribution in [0.5, 0.6) is 0 Å². The van der Waals surface area contributed by atoms with Crippen molar-refractivity contribution in [2.45, 2.75) is 25.2 Å². The number of hydrogen-bond acceptors (Lipinski definition) is 2. The zero-order valence-corrected chi connectivity index (χ0v) is 12.7. The summed E-state index contributed by atoms with van der Waals surface area (Å²) in [6.45, 7) is 4.16. The summed E-state index contributed by atoms with van der Waals surface area (Å²) >= 11 is 1.73. The fourth-order valence-corrected chi connectivity index (χ4v) is 2.83. The molecule has 0 fully saturated rings. The minimum atomic E-state index is -0.0465. The van der Waals surface area contributed by atoms with Gasteiger partial charge in [-0.25, -0.2) is 0 Å². The second-order valence-corrected chi connectivity index (χ2v) is 5.80. The van der Waals surface area contributed by atoms with Gasteiger partial charge in [0.25, 0.3) is 5.91 Å². The maximum atomic E-state index is 12.4. The van der Waals surface area contributed by atoms with E-state index in [1.807, 2.05) is 55.5 Å². The Morgan fingerprint density at radius 2 is 1.95 bits per heavy atom. The first-order valence-corrected chi connectivity index (χ1v) is 7.79. The van der Waals surface area contributed by atoms with Crippen LogP contribution >= 0.6 is 11.8 Å². The molecule has 0 aromatic heterocycles. The van der Waals surface area contributed by atoms with Crippen molar-refractivity contribution >= 4 is 23.4 Å². The van der Waals surface area contributed by atoms with Gasteiger partial charge in [-0.05, 0) is 48.9 Å². The van der Waals surface area contributed by atoms with Gasteiger partial charge in [0.1, 0.15) is 0 Å². The third-order valence-electron chi connectivity index (χ3n) is 2.87. The number of rotatable bonds is 5. The summed E-state index contributed by atoms with van der Waals surface area (Å²) in [5, 5.41) is 2.96. The molecular weight excluding hydrogens is 266 g/mol. The zero-order chi connectivity index (χ0) is 14.4. The van der Waals surface area contributed by atoms with Crippen LogP contribution in [0.25, 0.3) is 0 Å². The average molecular weight is 285 g/mol. The van der Waals surface area contributed by atoms with E-state index < -0.39 is 0 Å². The molecule has 2 aromatic rings. The highest BCUT2D eigenvalue weighted by atomic mass is 32.2. The number of thioether (sulfide) groups is 1. The van der Waals surface area contributed by atoms with Crippen molar-refractivity contribution in [2.24, 2.45) is 0 Å². The molecule has 0 unspecified atom stereocenters. The first-order valence-electron chi connectivity index (χ1n) is 6.80. The van der Waals surface area contributed by atoms with Crippen LogP contribution in [0.2, 0.25) is 0 Å². The summed E-state index contributed by atoms with van der Waals surface area (Å²) in [6, 6.07) is 15.6. The molecule has 2 nitrogen and oxygen atoms in total. The normalized spacial score (nSPS) is 10.3. The lowest BCUT2D eigenvalue weighted by Crippen LogP contribution is -2.13. The molecule has 0 bridgehead atoms. The standard InChI is InChI=1S/C17H19NOS/c1-3-11-20-16-10-5-4-9-15(16)17(19)18-14-8-6-7-13(2)12-14/h4-10,12H,3,11H2,1-2H3,(H,18,19). The Morgan fingerprint density at radius 1 is 1.15 bits per heavy atom. The molecule has 0 atom stereocenters. The van der Waals surface area contributed by atoms with E-state index in [4.69, 9.17) is 0 Å². The van der Waals surface area contributed by atoms with Crippen LogP contribution in [-0.2, 0) is 0 Å². The minimum absolute atomic E-state index is 0.0465. The fraction of sp³-hybridized carbons (Fsp3) is 0.235. The van der Waals surface area contributed by atoms with Gasteiger partial charge in [-0.3, -0.25) is 4.79 Å². The predicted molar refractivity (Wildman–Crippen MR) is 86.6 cm³/mol. The van der Waals surface area contributed by atoms with E-state index in [0.29, 0.717) is 0 Å². The molecule has 104 valence electrons. The van der Waals surface area contributed by atoms with Crippen LogP contribution in [-0.4, -0.2) is 11.7 Å². The molecule has 20 heavy (non-hydrogen) atoms. The number of aryl methyl sites for hydroxylation is 1. The Bertz CT molecular complexity index is 595. The fourth-order valence-electron chi connectivity index (χ4n) is 1.91. The lowest BCUT2D eigenvalue weighted by atomic mass is 10.2. The van der Waals surface area contributed by atoms with Gasteiger partial charge < -0.3 is 5.32 Å². The lowest BCUT2D eigenvalue weighted by Gasteiger charge is -2.10. The maximum absolute atomic E-state index is 12.4. The van der Waals surface area contributed by atoms with Gasteiger partial charge in [-0.2, -0.15) is 0 Å². The van der Waals surface area contributed by atoms with Crippen LogP contribution in [0, 0.1) is 6.92 Å². The smallest absolute Gasteiger partial charge is 0.256 e. The van der Waals surface area contributed by atoms with Crippen LogP contribution in [0.4, 0.5) is 5.69 Å². The van der Waals surface area contributed by atoms with Crippen molar-refractivity contribution in [2.75, 3.05) is 11.1 Å². The van der Waals surface area contributed by atoms with Gasteiger partial charge in [-0.1, -0.05) is 31.2 Å². The average Bonchev–Trinajstić information content (AvgIpc) is 2.45. The van der Waals surface area contributed by atoms with E-state index in [1.165, 1.54) is 0 Å². The van der Waals surface area contributed by atoms with E-state index in [2.05, 4.69) is 12.2 Å². The highest BCUT2D eigenvalue weighted by Gasteiger charge is 2.11. The lowest BCUT2D eigenvalue weighted by molar-refractivity contribution is 0.102. The maximum Gasteiger partial charge on any atom is 0.256 e. The first kappa shape index (κ1) is 14.7. The number of hydrogen-bond donors (Lipinski definition) is 1. The molecule has 0 spiro atoms. The number of amides is 1. The van der Waals surface area contributed by atoms with E-state index >= 15 is 0 Å². The zero-order valence-electron chi connectivity index (χ0n) is 11.8. The summed E-state index contributed by atoms with van der Waals surface area (Å²) in [5.74, 6) is 0.976. The second kappa shape index (κ2) is 7.15. The number of anilines is 1. The third kappa shape index (κ3) is 3.87. The summed E-state index contributed by atoms with van der Waals surface area (Å²) in [5.41, 5.74) is 2.72. The molecule has 1 N–H and O–H groups in total. The highest BCUT2D eigenvalue weighted by Crippen LogP contribution is 2.24. The van der Waals surface area contributed by atoms with Crippen LogP contribution in [0.3, 0.4) is 0 Å². The molecule has 0 heterocycles. The molecule has 0 aliphatic heterocycles. The highest BCUT2D eigenvalue weighted by molar-refractivity contribution is 7.99. The van der Waals surface area contributed by atoms with Gasteiger partial charge in [-0.15, -0.1) is 11.8 Å². The molecule has 0 aliphatic rings. The van der Waals surface area contributed by atoms with Crippen molar-refractivity contribution in [1.82, 2.24) is 0 Å². The van der Waals surface area contributed by atoms with E-state index in [-0.39, 0.29) is 5.91 Å². The third-order valence-corrected chi connectivity index (χ3v) is 4.15. The second-order valence-electron chi connectivity index (χ2n) is 4.67. The van der Waals surface area contributed by atoms with Crippen molar-refractivity contribution in [1.29, 1.82) is 0 Å². The Kier molecular flexibility index (Phi) is 5.24. The Balaban J connectivity index is 2.16. The van der Waals surface area contributed by atoms with E-state index in [0.717, 1.165) is 33.9 Å². The van der Waals surface area contributed by atoms with Crippen LogP contribution < -0.4 is 5.32 Å². The Morgan fingerprint density at radius 3 is 2.70 bits per heavy atom. The minimum Gasteiger partial charge on any atom is -0.322 e. The van der Waals surface area contributed by atoms with Gasteiger partial charge in [0.15, 0.2) is 0 Å². The Hall–Kier alpha value is -1.74. The van der Waals surface area contributed by atoms with Gasteiger partial charge >= 0.3 is 0 Å². The van der Waals surface area contributed by atoms with Gasteiger partial charge in [0, 0.05) is 10.6 Å². The van der Waals surface area contributed by atoms with Gasteiger partial charge in [0.2, 0.25) is 0 Å². The molecule has 0 aliphatic carbocycles. The van der Waals surface area contributed by atoms with E-state index in [9.17, 15) is 4.79 Å². The van der Waals surface area contributed by atoms with Crippen molar-refractivity contribution in [3.63, 3.8) is 0 Å². The summed E-state index contributed by atoms with van der Waals surface area (Å²) in [4.78, 5) is 13.4. The van der Waals surface area contributed by atoms with Crippen molar-refractivity contribution in [3.8, 4) is 0 Å². The molecule has 2 aromatic carbocycles. The molecule has 0 saturated carbocycles. The number of benzene rings is 2. The topological polar surface area (TPSA) is 29.1 Å². The predicted octanol–water partition coefficient (Wildman–Crippen LogP) is 4.75. The molecule has 2 rings (SSSR count). The van der Waals surface area contributed by atoms with E-state index in [1.54, 1.807) is 11.8 Å². The number of carbonyl (C=O) groups excluding carboxylic acids is 1.